The van der Waals surface area contributed by atoms with E-state index in [2.05, 4.69) is 36.5 Å². The predicted molar refractivity (Wildman–Crippen MR) is 83.1 cm³/mol. The lowest BCUT2D eigenvalue weighted by Gasteiger charge is -2.24. The van der Waals surface area contributed by atoms with Gasteiger partial charge in [0.2, 0.25) is 0 Å². The molecule has 20 heavy (non-hydrogen) atoms. The van der Waals surface area contributed by atoms with Crippen molar-refractivity contribution in [1.29, 1.82) is 0 Å². The molecule has 1 aromatic rings. The van der Waals surface area contributed by atoms with Crippen LogP contribution in [-0.4, -0.2) is 24.8 Å². The summed E-state index contributed by atoms with van der Waals surface area (Å²) in [5, 5.41) is 3.58. The molecule has 2 nitrogen and oxygen atoms in total. The van der Waals surface area contributed by atoms with Gasteiger partial charge in [0.05, 0.1) is 11.7 Å². The Bertz CT molecular complexity index is 437. The Labute approximate surface area is 122 Å². The van der Waals surface area contributed by atoms with Gasteiger partial charge in [0.1, 0.15) is 0 Å². The first-order valence-electron chi connectivity index (χ1n) is 8.20. The second kappa shape index (κ2) is 6.28. The first-order chi connectivity index (χ1) is 9.77. The van der Waals surface area contributed by atoms with Gasteiger partial charge in [0, 0.05) is 6.54 Å². The molecule has 2 heteroatoms. The molecule has 1 atom stereocenters. The van der Waals surface area contributed by atoms with Crippen molar-refractivity contribution in [2.24, 2.45) is 0 Å². The van der Waals surface area contributed by atoms with Crippen LogP contribution >= 0.6 is 0 Å². The zero-order valence-corrected chi connectivity index (χ0v) is 12.7. The van der Waals surface area contributed by atoms with Crippen LogP contribution in [0.5, 0.6) is 0 Å². The van der Waals surface area contributed by atoms with Crippen LogP contribution in [0.2, 0.25) is 0 Å². The first-order valence-corrected chi connectivity index (χ1v) is 8.20. The number of aryl methyl sites for hydroxylation is 1. The molecule has 0 bridgehead atoms. The van der Waals surface area contributed by atoms with Crippen molar-refractivity contribution in [3.8, 4) is 0 Å². The van der Waals surface area contributed by atoms with E-state index >= 15 is 0 Å². The third-order valence-electron chi connectivity index (χ3n) is 5.06. The second-order valence-corrected chi connectivity index (χ2v) is 6.55. The largest absolute Gasteiger partial charge is 0.370 e. The van der Waals surface area contributed by atoms with Gasteiger partial charge in [-0.1, -0.05) is 37.1 Å². The highest BCUT2D eigenvalue weighted by molar-refractivity contribution is 5.25. The van der Waals surface area contributed by atoms with Crippen molar-refractivity contribution >= 4 is 0 Å². The number of ether oxygens (including phenoxy) is 1. The van der Waals surface area contributed by atoms with Gasteiger partial charge in [-0.3, -0.25) is 0 Å². The molecule has 0 amide bonds. The third kappa shape index (κ3) is 3.24. The van der Waals surface area contributed by atoms with E-state index in [1.807, 2.05) is 0 Å². The Morgan fingerprint density at radius 1 is 1.20 bits per heavy atom. The van der Waals surface area contributed by atoms with Gasteiger partial charge < -0.3 is 10.1 Å². The summed E-state index contributed by atoms with van der Waals surface area (Å²) in [6.07, 6.45) is 9.43. The van der Waals surface area contributed by atoms with Gasteiger partial charge in [-0.25, -0.2) is 0 Å². The molecule has 1 aromatic carbocycles. The molecule has 1 spiro atoms. The average Bonchev–Trinajstić information content (AvgIpc) is 3.08. The number of hydrogen-bond acceptors (Lipinski definition) is 2. The van der Waals surface area contributed by atoms with Crippen LogP contribution in [0.4, 0.5) is 0 Å². The quantitative estimate of drug-likeness (QED) is 0.827. The van der Waals surface area contributed by atoms with E-state index in [1.54, 1.807) is 0 Å². The fourth-order valence-electron chi connectivity index (χ4n) is 3.80. The Kier molecular flexibility index (Phi) is 4.42. The molecule has 2 aliphatic rings. The van der Waals surface area contributed by atoms with Gasteiger partial charge >= 0.3 is 0 Å². The number of rotatable bonds is 5. The molecular weight excluding hydrogens is 246 g/mol. The second-order valence-electron chi connectivity index (χ2n) is 6.55. The molecule has 0 radical (unpaired) electrons. The normalized spacial score (nSPS) is 24.6. The summed E-state index contributed by atoms with van der Waals surface area (Å²) < 4.78 is 6.32. The SMILES string of the molecule is Cc1ccccc1CCNCC1CCC2(CCCC2)O1. The van der Waals surface area contributed by atoms with Gasteiger partial charge in [-0.15, -0.1) is 0 Å². The molecule has 1 N–H and O–H groups in total. The van der Waals surface area contributed by atoms with Gasteiger partial charge in [-0.05, 0) is 56.7 Å². The minimum Gasteiger partial charge on any atom is -0.370 e. The lowest BCUT2D eigenvalue weighted by molar-refractivity contribution is -0.0349. The van der Waals surface area contributed by atoms with Crippen molar-refractivity contribution in [3.63, 3.8) is 0 Å². The Morgan fingerprint density at radius 2 is 2.00 bits per heavy atom. The van der Waals surface area contributed by atoms with E-state index in [1.165, 1.54) is 49.7 Å². The van der Waals surface area contributed by atoms with Crippen LogP contribution in [0.1, 0.15) is 49.7 Å². The molecule has 1 saturated carbocycles. The molecule has 1 heterocycles. The van der Waals surface area contributed by atoms with Crippen LogP contribution < -0.4 is 5.32 Å². The van der Waals surface area contributed by atoms with E-state index in [-0.39, 0.29) is 5.60 Å². The van der Waals surface area contributed by atoms with E-state index in [0.29, 0.717) is 6.10 Å². The van der Waals surface area contributed by atoms with Crippen molar-refractivity contribution in [2.75, 3.05) is 13.1 Å². The van der Waals surface area contributed by atoms with Crippen LogP contribution in [-0.2, 0) is 11.2 Å². The van der Waals surface area contributed by atoms with E-state index in [9.17, 15) is 0 Å². The van der Waals surface area contributed by atoms with E-state index in [4.69, 9.17) is 4.74 Å². The highest BCUT2D eigenvalue weighted by Crippen LogP contribution is 2.43. The summed E-state index contributed by atoms with van der Waals surface area (Å²) in [4.78, 5) is 0. The summed E-state index contributed by atoms with van der Waals surface area (Å²) in [5.74, 6) is 0. The Balaban J connectivity index is 1.38. The topological polar surface area (TPSA) is 21.3 Å². The summed E-state index contributed by atoms with van der Waals surface area (Å²) >= 11 is 0. The standard InChI is InChI=1S/C18H27NO/c1-15-6-2-3-7-16(15)9-13-19-14-17-8-12-18(20-17)10-4-5-11-18/h2-3,6-7,17,19H,4-5,8-14H2,1H3. The van der Waals surface area contributed by atoms with Crippen molar-refractivity contribution in [3.05, 3.63) is 35.4 Å². The van der Waals surface area contributed by atoms with E-state index in [0.717, 1.165) is 19.5 Å². The fraction of sp³-hybridized carbons (Fsp3) is 0.667. The average molecular weight is 273 g/mol. The molecule has 2 fully saturated rings. The predicted octanol–water partition coefficient (Wildman–Crippen LogP) is 3.62. The van der Waals surface area contributed by atoms with Crippen molar-refractivity contribution in [1.82, 2.24) is 5.32 Å². The zero-order chi connectivity index (χ0) is 13.8. The monoisotopic (exact) mass is 273 g/mol. The van der Waals surface area contributed by atoms with Gasteiger partial charge in [-0.2, -0.15) is 0 Å². The molecule has 1 aliphatic carbocycles. The molecule has 1 saturated heterocycles. The summed E-state index contributed by atoms with van der Waals surface area (Å²) in [5.41, 5.74) is 3.14. The van der Waals surface area contributed by atoms with Crippen LogP contribution in [0.15, 0.2) is 24.3 Å². The van der Waals surface area contributed by atoms with Crippen molar-refractivity contribution < 1.29 is 4.74 Å². The highest BCUT2D eigenvalue weighted by Gasteiger charge is 2.41. The molecule has 1 aliphatic heterocycles. The molecule has 110 valence electrons. The van der Waals surface area contributed by atoms with Crippen molar-refractivity contribution in [2.45, 2.75) is 63.6 Å². The van der Waals surface area contributed by atoms with Crippen LogP contribution in [0.25, 0.3) is 0 Å². The Morgan fingerprint density at radius 3 is 2.80 bits per heavy atom. The maximum Gasteiger partial charge on any atom is 0.0708 e. The first kappa shape index (κ1) is 14.1. The van der Waals surface area contributed by atoms with Crippen LogP contribution in [0.3, 0.4) is 0 Å². The maximum atomic E-state index is 6.32. The highest BCUT2D eigenvalue weighted by atomic mass is 16.5. The van der Waals surface area contributed by atoms with E-state index < -0.39 is 0 Å². The summed E-state index contributed by atoms with van der Waals surface area (Å²) in [6.45, 7) is 4.27. The number of benzene rings is 1. The molecular formula is C18H27NO. The summed E-state index contributed by atoms with van der Waals surface area (Å²) in [7, 11) is 0. The molecule has 1 unspecified atom stereocenters. The minimum atomic E-state index is 0.280. The lowest BCUT2D eigenvalue weighted by atomic mass is 9.98. The Hall–Kier alpha value is -0.860. The fourth-order valence-corrected chi connectivity index (χ4v) is 3.80. The molecule has 0 aromatic heterocycles. The number of nitrogens with one attached hydrogen (secondary N) is 1. The molecule has 3 rings (SSSR count). The smallest absolute Gasteiger partial charge is 0.0708 e. The maximum absolute atomic E-state index is 6.32. The minimum absolute atomic E-state index is 0.280. The lowest BCUT2D eigenvalue weighted by Crippen LogP contribution is -2.32. The summed E-state index contributed by atoms with van der Waals surface area (Å²) in [6, 6.07) is 8.67. The number of hydrogen-bond donors (Lipinski definition) is 1. The third-order valence-corrected chi connectivity index (χ3v) is 5.06. The van der Waals surface area contributed by atoms with Gasteiger partial charge in [0.25, 0.3) is 0 Å². The van der Waals surface area contributed by atoms with Gasteiger partial charge in [0.15, 0.2) is 0 Å². The zero-order valence-electron chi connectivity index (χ0n) is 12.7. The van der Waals surface area contributed by atoms with Crippen LogP contribution in [0, 0.1) is 6.92 Å².